The summed E-state index contributed by atoms with van der Waals surface area (Å²) in [4.78, 5) is 14.8. The lowest BCUT2D eigenvalue weighted by Gasteiger charge is -2.38. The Balaban J connectivity index is 1.47. The summed E-state index contributed by atoms with van der Waals surface area (Å²) in [6.45, 7) is -0.705. The Bertz CT molecular complexity index is 590. The van der Waals surface area contributed by atoms with Gasteiger partial charge < -0.3 is 19.7 Å². The number of piperidine rings is 1. The molecule has 6 nitrogen and oxygen atoms in total. The molecule has 2 N–H and O–H groups in total. The zero-order valence-electron chi connectivity index (χ0n) is 13.0. The molecule has 3 fully saturated rings. The Morgan fingerprint density at radius 1 is 1.30 bits per heavy atom. The van der Waals surface area contributed by atoms with Gasteiger partial charge in [0.2, 0.25) is 5.60 Å². The van der Waals surface area contributed by atoms with E-state index in [1.807, 2.05) is 0 Å². The van der Waals surface area contributed by atoms with Crippen molar-refractivity contribution in [2.45, 2.75) is 48.8 Å². The molecule has 124 valence electrons. The lowest BCUT2D eigenvalue weighted by molar-refractivity contribution is -0.181. The summed E-state index contributed by atoms with van der Waals surface area (Å²) in [5.74, 6) is -0.783. The van der Waals surface area contributed by atoms with E-state index >= 15 is 0 Å². The van der Waals surface area contributed by atoms with Crippen LogP contribution >= 0.6 is 0 Å². The van der Waals surface area contributed by atoms with Crippen LogP contribution in [0, 0.1) is 0 Å². The number of aliphatic hydroxyl groups excluding tert-OH is 1. The molecule has 6 heteroatoms. The van der Waals surface area contributed by atoms with Crippen molar-refractivity contribution < 1.29 is 24.5 Å². The van der Waals surface area contributed by atoms with E-state index in [0.29, 0.717) is 18.4 Å². The number of esters is 1. The molecular formula is C17H21NO5. The highest BCUT2D eigenvalue weighted by Gasteiger charge is 2.63. The molecule has 3 aliphatic heterocycles. The highest BCUT2D eigenvalue weighted by atomic mass is 16.6. The van der Waals surface area contributed by atoms with Gasteiger partial charge in [-0.15, -0.1) is 0 Å². The zero-order valence-corrected chi connectivity index (χ0v) is 13.0. The van der Waals surface area contributed by atoms with Gasteiger partial charge in [-0.2, -0.15) is 0 Å². The van der Waals surface area contributed by atoms with Gasteiger partial charge in [0.05, 0.1) is 6.61 Å². The number of rotatable bonds is 4. The summed E-state index contributed by atoms with van der Waals surface area (Å²) in [5, 5.41) is 20.2. The van der Waals surface area contributed by atoms with Gasteiger partial charge in [-0.25, -0.2) is 4.79 Å². The van der Waals surface area contributed by atoms with E-state index in [1.165, 1.54) is 0 Å². The first-order valence-electron chi connectivity index (χ1n) is 8.02. The monoisotopic (exact) mass is 319 g/mol. The molecule has 3 saturated heterocycles. The first kappa shape index (κ1) is 15.1. The highest BCUT2D eigenvalue weighted by Crippen LogP contribution is 2.48. The Hall–Kier alpha value is -1.47. The topological polar surface area (TPSA) is 82.5 Å². The Kier molecular flexibility index (Phi) is 3.46. The van der Waals surface area contributed by atoms with Crippen molar-refractivity contribution in [2.75, 3.05) is 13.7 Å². The molecule has 0 aliphatic carbocycles. The quantitative estimate of drug-likeness (QED) is 0.601. The number of hydrogen-bond acceptors (Lipinski definition) is 6. The molecule has 1 aromatic carbocycles. The third kappa shape index (κ3) is 2.29. The summed E-state index contributed by atoms with van der Waals surface area (Å²) in [7, 11) is 2.08. The predicted molar refractivity (Wildman–Crippen MR) is 80.5 cm³/mol. The van der Waals surface area contributed by atoms with Crippen molar-refractivity contribution in [3.63, 3.8) is 0 Å². The molecule has 2 unspecified atom stereocenters. The largest absolute Gasteiger partial charge is 0.460 e. The number of morpholine rings is 1. The molecular weight excluding hydrogens is 298 g/mol. The summed E-state index contributed by atoms with van der Waals surface area (Å²) >= 11 is 0. The Morgan fingerprint density at radius 3 is 2.48 bits per heavy atom. The number of aliphatic hydroxyl groups is 2. The van der Waals surface area contributed by atoms with E-state index in [1.54, 1.807) is 30.3 Å². The SMILES string of the molecule is CN1[C@@H]2CC(OC(=O)C(O)(CO)c3ccccc3)C[C@H]1[C@@H]1O[C@H]12. The molecule has 0 spiro atoms. The predicted octanol–water partition coefficient (Wildman–Crippen LogP) is 0.0221. The van der Waals surface area contributed by atoms with Crippen LogP contribution in [0.5, 0.6) is 0 Å². The van der Waals surface area contributed by atoms with Crippen LogP contribution < -0.4 is 0 Å². The normalized spacial score (nSPS) is 37.8. The maximum absolute atomic E-state index is 12.5. The van der Waals surface area contributed by atoms with Crippen LogP contribution in [0.15, 0.2) is 30.3 Å². The molecule has 0 saturated carbocycles. The summed E-state index contributed by atoms with van der Waals surface area (Å²) < 4.78 is 11.2. The van der Waals surface area contributed by atoms with Crippen LogP contribution in [0.2, 0.25) is 0 Å². The van der Waals surface area contributed by atoms with E-state index < -0.39 is 18.2 Å². The van der Waals surface area contributed by atoms with Crippen LogP contribution in [-0.4, -0.2) is 65.1 Å². The molecule has 3 aliphatic rings. The molecule has 4 rings (SSSR count). The number of benzene rings is 1. The number of fused-ring (bicyclic) bond motifs is 5. The minimum absolute atomic E-state index is 0.244. The fourth-order valence-electron chi connectivity index (χ4n) is 4.03. The van der Waals surface area contributed by atoms with Gasteiger partial charge in [0, 0.05) is 24.9 Å². The van der Waals surface area contributed by atoms with Gasteiger partial charge in [0.1, 0.15) is 18.3 Å². The zero-order chi connectivity index (χ0) is 16.2. The number of carbonyl (C=O) groups excluding carboxylic acids is 1. The fraction of sp³-hybridized carbons (Fsp3) is 0.588. The molecule has 6 atom stereocenters. The van der Waals surface area contributed by atoms with Gasteiger partial charge in [-0.05, 0) is 12.6 Å². The van der Waals surface area contributed by atoms with E-state index in [0.717, 1.165) is 0 Å². The molecule has 1 aromatic rings. The van der Waals surface area contributed by atoms with Crippen molar-refractivity contribution in [1.82, 2.24) is 4.90 Å². The van der Waals surface area contributed by atoms with Gasteiger partial charge >= 0.3 is 5.97 Å². The van der Waals surface area contributed by atoms with E-state index in [2.05, 4.69) is 11.9 Å². The molecule has 3 heterocycles. The lowest BCUT2D eigenvalue weighted by atomic mass is 9.94. The minimum atomic E-state index is -2.01. The maximum Gasteiger partial charge on any atom is 0.345 e. The minimum Gasteiger partial charge on any atom is -0.460 e. The molecule has 2 bridgehead atoms. The number of ether oxygens (including phenoxy) is 2. The van der Waals surface area contributed by atoms with Crippen molar-refractivity contribution in [2.24, 2.45) is 0 Å². The average Bonchev–Trinajstić information content (AvgIpc) is 3.33. The molecule has 0 amide bonds. The van der Waals surface area contributed by atoms with Gasteiger partial charge in [0.25, 0.3) is 0 Å². The molecule has 0 radical (unpaired) electrons. The second kappa shape index (κ2) is 5.27. The average molecular weight is 319 g/mol. The maximum atomic E-state index is 12.5. The van der Waals surface area contributed by atoms with E-state index in [4.69, 9.17) is 9.47 Å². The van der Waals surface area contributed by atoms with Crippen molar-refractivity contribution in [1.29, 1.82) is 0 Å². The van der Waals surface area contributed by atoms with Gasteiger partial charge in [0.15, 0.2) is 0 Å². The Labute approximate surface area is 134 Å². The summed E-state index contributed by atoms with van der Waals surface area (Å²) in [6, 6.07) is 8.98. The number of hydrogen-bond donors (Lipinski definition) is 2. The van der Waals surface area contributed by atoms with Crippen LogP contribution in [-0.2, 0) is 19.9 Å². The van der Waals surface area contributed by atoms with Crippen LogP contribution in [0.4, 0.5) is 0 Å². The van der Waals surface area contributed by atoms with Crippen LogP contribution in [0.25, 0.3) is 0 Å². The number of epoxide rings is 1. The van der Waals surface area contributed by atoms with Crippen molar-refractivity contribution >= 4 is 5.97 Å². The third-order valence-corrected chi connectivity index (χ3v) is 5.47. The lowest BCUT2D eigenvalue weighted by Crippen LogP contribution is -2.50. The fourth-order valence-corrected chi connectivity index (χ4v) is 4.03. The summed E-state index contributed by atoms with van der Waals surface area (Å²) in [6.07, 6.45) is 1.69. The molecule has 23 heavy (non-hydrogen) atoms. The van der Waals surface area contributed by atoms with Crippen LogP contribution in [0.1, 0.15) is 18.4 Å². The van der Waals surface area contributed by atoms with Gasteiger partial charge in [-0.3, -0.25) is 4.90 Å². The first-order chi connectivity index (χ1) is 11.0. The number of nitrogens with zero attached hydrogens (tertiary/aromatic N) is 1. The Morgan fingerprint density at radius 2 is 1.91 bits per heavy atom. The number of likely N-dealkylation sites (N-methyl/N-ethyl adjacent to an activating group) is 1. The second-order valence-corrected chi connectivity index (χ2v) is 6.75. The standard InChI is InChI=1S/C17H21NO5/c1-18-12-7-11(8-13(18)15-14(12)23-15)22-16(20)17(21,9-19)10-5-3-2-4-6-10/h2-6,11-15,19,21H,7-9H2,1H3/t11?,12-,13+,14-,15-,17?/m0/s1. The smallest absolute Gasteiger partial charge is 0.345 e. The third-order valence-electron chi connectivity index (χ3n) is 5.47. The number of carbonyl (C=O) groups is 1. The summed E-state index contributed by atoms with van der Waals surface area (Å²) in [5.41, 5.74) is -1.67. The molecule has 0 aromatic heterocycles. The van der Waals surface area contributed by atoms with E-state index in [-0.39, 0.29) is 30.4 Å². The van der Waals surface area contributed by atoms with Gasteiger partial charge in [-0.1, -0.05) is 30.3 Å². The van der Waals surface area contributed by atoms with Crippen molar-refractivity contribution in [3.05, 3.63) is 35.9 Å². The second-order valence-electron chi connectivity index (χ2n) is 6.75. The highest BCUT2D eigenvalue weighted by molar-refractivity contribution is 5.81. The first-order valence-corrected chi connectivity index (χ1v) is 8.02. The van der Waals surface area contributed by atoms with Crippen molar-refractivity contribution in [3.8, 4) is 0 Å². The van der Waals surface area contributed by atoms with Crippen LogP contribution in [0.3, 0.4) is 0 Å². The van der Waals surface area contributed by atoms with E-state index in [9.17, 15) is 15.0 Å².